The van der Waals surface area contributed by atoms with Crippen molar-refractivity contribution in [3.63, 3.8) is 0 Å². The minimum Gasteiger partial charge on any atom is -0.394 e. The molecule has 0 radical (unpaired) electrons. The number of hydrogen-bond acceptors (Lipinski definition) is 7. The van der Waals surface area contributed by atoms with Crippen LogP contribution in [-0.4, -0.2) is 63.6 Å². The van der Waals surface area contributed by atoms with E-state index in [1.165, 1.54) is 23.3 Å². The van der Waals surface area contributed by atoms with E-state index in [-0.39, 0.29) is 18.6 Å². The Kier molecular flexibility index (Phi) is 6.66. The fraction of sp³-hybridized carbons (Fsp3) is 0.400. The number of hydrogen-bond donors (Lipinski definition) is 2. The Balaban J connectivity index is 1.33. The molecule has 1 atom stereocenters. The van der Waals surface area contributed by atoms with Gasteiger partial charge in [0.1, 0.15) is 17.0 Å². The Morgan fingerprint density at radius 1 is 1.18 bits per heavy atom. The van der Waals surface area contributed by atoms with Crippen molar-refractivity contribution in [3.05, 3.63) is 64.8 Å². The number of likely N-dealkylation sites (tertiary alicyclic amines) is 1. The van der Waals surface area contributed by atoms with Gasteiger partial charge < -0.3 is 15.3 Å². The quantitative estimate of drug-likeness (QED) is 0.523. The molecule has 1 amide bonds. The zero-order chi connectivity index (χ0) is 22.6. The fourth-order valence-corrected chi connectivity index (χ4v) is 5.89. The van der Waals surface area contributed by atoms with Crippen LogP contribution in [0.2, 0.25) is 0 Å². The Morgan fingerprint density at radius 3 is 2.79 bits per heavy atom. The van der Waals surface area contributed by atoms with Crippen LogP contribution >= 0.6 is 11.3 Å². The number of carbonyl (C=O) groups excluding carboxylic acids is 1. The number of anilines is 1. The van der Waals surface area contributed by atoms with Crippen LogP contribution < -0.4 is 5.32 Å². The lowest BCUT2D eigenvalue weighted by molar-refractivity contribution is -0.126. The number of aliphatic hydroxyl groups is 1. The molecule has 0 spiro atoms. The molecule has 0 aliphatic carbocycles. The van der Waals surface area contributed by atoms with Gasteiger partial charge in [-0.1, -0.05) is 36.4 Å². The Morgan fingerprint density at radius 2 is 2.00 bits per heavy atom. The summed E-state index contributed by atoms with van der Waals surface area (Å²) in [5.41, 5.74) is 2.22. The highest BCUT2D eigenvalue weighted by atomic mass is 32.1. The average molecular weight is 464 g/mol. The zero-order valence-electron chi connectivity index (χ0n) is 18.6. The molecule has 0 saturated carbocycles. The van der Waals surface area contributed by atoms with E-state index in [2.05, 4.69) is 20.2 Å². The average Bonchev–Trinajstić information content (AvgIpc) is 3.50. The van der Waals surface area contributed by atoms with Crippen LogP contribution in [0.1, 0.15) is 34.9 Å². The van der Waals surface area contributed by atoms with Crippen molar-refractivity contribution in [2.24, 2.45) is 0 Å². The minimum atomic E-state index is -0.248. The number of carbonyl (C=O) groups is 1. The molecule has 8 heteroatoms. The molecule has 1 saturated heterocycles. The number of amides is 1. The number of aromatic nitrogens is 2. The SMILES string of the molecule is O=C(/C=C/CN1CCCC1)N1CCc2c(sc3ncnc(N[C@H](CO)c4ccccc4)c23)C1. The third kappa shape index (κ3) is 4.78. The van der Waals surface area contributed by atoms with Crippen molar-refractivity contribution in [1.29, 1.82) is 0 Å². The predicted octanol–water partition coefficient (Wildman–Crippen LogP) is 3.37. The van der Waals surface area contributed by atoms with E-state index in [0.717, 1.165) is 47.7 Å². The summed E-state index contributed by atoms with van der Waals surface area (Å²) in [4.78, 5) is 28.2. The molecule has 172 valence electrons. The summed E-state index contributed by atoms with van der Waals surface area (Å²) >= 11 is 1.63. The first-order valence-corrected chi connectivity index (χ1v) is 12.4. The van der Waals surface area contributed by atoms with Crippen molar-refractivity contribution < 1.29 is 9.90 Å². The standard InChI is InChI=1S/C25H29N5O2S/c31-16-20(18-7-2-1-3-8-18)28-24-23-19-10-14-30(15-21(19)33-25(23)27-17-26-24)22(32)9-6-13-29-11-4-5-12-29/h1-3,6-9,17,20,31H,4-5,10-16H2,(H,26,27,28)/b9-6+/t20-/m1/s1. The van der Waals surface area contributed by atoms with Gasteiger partial charge in [-0.15, -0.1) is 11.3 Å². The van der Waals surface area contributed by atoms with Gasteiger partial charge >= 0.3 is 0 Å². The molecule has 1 aromatic carbocycles. The summed E-state index contributed by atoms with van der Waals surface area (Å²) in [6.07, 6.45) is 8.59. The van der Waals surface area contributed by atoms with E-state index < -0.39 is 0 Å². The monoisotopic (exact) mass is 463 g/mol. The van der Waals surface area contributed by atoms with E-state index in [4.69, 9.17) is 0 Å². The molecule has 1 fully saturated rings. The van der Waals surface area contributed by atoms with Gasteiger partial charge in [0.05, 0.1) is 24.6 Å². The van der Waals surface area contributed by atoms with Crippen LogP contribution in [0.3, 0.4) is 0 Å². The third-order valence-corrected chi connectivity index (χ3v) is 7.59. The van der Waals surface area contributed by atoms with Crippen LogP contribution in [-0.2, 0) is 17.8 Å². The number of fused-ring (bicyclic) bond motifs is 3. The lowest BCUT2D eigenvalue weighted by Crippen LogP contribution is -2.34. The van der Waals surface area contributed by atoms with Gasteiger partial charge in [-0.3, -0.25) is 9.69 Å². The second kappa shape index (κ2) is 9.99. The van der Waals surface area contributed by atoms with Gasteiger partial charge in [-0.2, -0.15) is 0 Å². The Bertz CT molecular complexity index is 1140. The van der Waals surface area contributed by atoms with Crippen LogP contribution in [0.4, 0.5) is 5.82 Å². The van der Waals surface area contributed by atoms with Crippen LogP contribution in [0.25, 0.3) is 10.2 Å². The van der Waals surface area contributed by atoms with Crippen LogP contribution in [0.15, 0.2) is 48.8 Å². The van der Waals surface area contributed by atoms with Gasteiger partial charge in [0.25, 0.3) is 0 Å². The molecule has 7 nitrogen and oxygen atoms in total. The maximum absolute atomic E-state index is 12.8. The lowest BCUT2D eigenvalue weighted by Gasteiger charge is -2.26. The first-order chi connectivity index (χ1) is 16.2. The second-order valence-corrected chi connectivity index (χ2v) is 9.70. The summed E-state index contributed by atoms with van der Waals surface area (Å²) in [5, 5.41) is 14.4. The summed E-state index contributed by atoms with van der Waals surface area (Å²) in [5.74, 6) is 0.817. The summed E-state index contributed by atoms with van der Waals surface area (Å²) < 4.78 is 0. The highest BCUT2D eigenvalue weighted by Crippen LogP contribution is 2.38. The molecule has 5 rings (SSSR count). The van der Waals surface area contributed by atoms with Crippen molar-refractivity contribution >= 4 is 33.3 Å². The van der Waals surface area contributed by atoms with Crippen molar-refractivity contribution in [2.45, 2.75) is 31.8 Å². The van der Waals surface area contributed by atoms with Gasteiger partial charge in [-0.25, -0.2) is 9.97 Å². The molecule has 3 aromatic rings. The predicted molar refractivity (Wildman–Crippen MR) is 131 cm³/mol. The molecular weight excluding hydrogens is 434 g/mol. The first kappa shape index (κ1) is 22.0. The molecule has 2 aromatic heterocycles. The molecule has 2 aliphatic heterocycles. The van der Waals surface area contributed by atoms with Crippen molar-refractivity contribution in [1.82, 2.24) is 19.8 Å². The molecule has 2 N–H and O–H groups in total. The maximum atomic E-state index is 12.8. The zero-order valence-corrected chi connectivity index (χ0v) is 19.4. The van der Waals surface area contributed by atoms with E-state index in [0.29, 0.717) is 13.1 Å². The highest BCUT2D eigenvalue weighted by Gasteiger charge is 2.26. The smallest absolute Gasteiger partial charge is 0.246 e. The molecule has 4 heterocycles. The van der Waals surface area contributed by atoms with E-state index >= 15 is 0 Å². The van der Waals surface area contributed by atoms with E-state index in [1.807, 2.05) is 41.3 Å². The topological polar surface area (TPSA) is 81.6 Å². The number of thiophene rings is 1. The lowest BCUT2D eigenvalue weighted by atomic mass is 10.0. The highest BCUT2D eigenvalue weighted by molar-refractivity contribution is 7.19. The van der Waals surface area contributed by atoms with E-state index in [9.17, 15) is 9.90 Å². The van der Waals surface area contributed by atoms with Crippen molar-refractivity contribution in [3.8, 4) is 0 Å². The molecule has 33 heavy (non-hydrogen) atoms. The van der Waals surface area contributed by atoms with E-state index in [1.54, 1.807) is 23.7 Å². The van der Waals surface area contributed by atoms with Gasteiger partial charge in [-0.05, 0) is 43.5 Å². The van der Waals surface area contributed by atoms with Gasteiger partial charge in [0.15, 0.2) is 0 Å². The number of nitrogens with one attached hydrogen (secondary N) is 1. The summed E-state index contributed by atoms with van der Waals surface area (Å²) in [6.45, 7) is 4.37. The van der Waals surface area contributed by atoms with Crippen molar-refractivity contribution in [2.75, 3.05) is 38.1 Å². The maximum Gasteiger partial charge on any atom is 0.246 e. The minimum absolute atomic E-state index is 0.0338. The summed E-state index contributed by atoms with van der Waals surface area (Å²) in [7, 11) is 0. The van der Waals surface area contributed by atoms with Gasteiger partial charge in [0, 0.05) is 24.0 Å². The normalized spacial score (nSPS) is 17.5. The largest absolute Gasteiger partial charge is 0.394 e. The third-order valence-electron chi connectivity index (χ3n) is 6.47. The molecule has 0 bridgehead atoms. The summed E-state index contributed by atoms with van der Waals surface area (Å²) in [6, 6.07) is 9.64. The Labute approximate surface area is 197 Å². The number of nitrogens with zero attached hydrogens (tertiary/aromatic N) is 4. The number of rotatable bonds is 7. The molecule has 2 aliphatic rings. The van der Waals surface area contributed by atoms with Gasteiger partial charge in [0.2, 0.25) is 5.91 Å². The molecule has 0 unspecified atom stereocenters. The number of benzene rings is 1. The first-order valence-electron chi connectivity index (χ1n) is 11.6. The molecular formula is C25H29N5O2S. The van der Waals surface area contributed by atoms with Crippen LogP contribution in [0, 0.1) is 0 Å². The Hall–Kier alpha value is -2.81. The number of aliphatic hydroxyl groups excluding tert-OH is 1. The van der Waals surface area contributed by atoms with Crippen LogP contribution in [0.5, 0.6) is 0 Å². The fourth-order valence-electron chi connectivity index (χ4n) is 4.68. The second-order valence-electron chi connectivity index (χ2n) is 8.62.